The summed E-state index contributed by atoms with van der Waals surface area (Å²) >= 11 is 0. The van der Waals surface area contributed by atoms with Gasteiger partial charge in [0.2, 0.25) is 5.91 Å². The van der Waals surface area contributed by atoms with Crippen molar-refractivity contribution in [1.29, 1.82) is 0 Å². The van der Waals surface area contributed by atoms with E-state index < -0.39 is 12.1 Å². The van der Waals surface area contributed by atoms with E-state index in [0.29, 0.717) is 19.7 Å². The lowest BCUT2D eigenvalue weighted by atomic mass is 10.2. The minimum Gasteiger partial charge on any atom is -0.481 e. The molecule has 116 valence electrons. The maximum atomic E-state index is 12.4. The van der Waals surface area contributed by atoms with E-state index in [0.717, 1.165) is 10.9 Å². The molecule has 3 rings (SSSR count). The fourth-order valence-electron chi connectivity index (χ4n) is 2.79. The standard InChI is InChI=1S/C16H18N2O4/c19-15(18-7-8-22-13(10-18)9-16(20)21)11-17-6-5-12-3-1-2-4-14(12)17/h1-6,13H,7-11H2,(H,20,21). The Morgan fingerprint density at radius 3 is 2.91 bits per heavy atom. The predicted octanol–water partition coefficient (Wildman–Crippen LogP) is 1.34. The van der Waals surface area contributed by atoms with Crippen molar-refractivity contribution in [3.8, 4) is 0 Å². The van der Waals surface area contributed by atoms with Crippen LogP contribution in [0, 0.1) is 0 Å². The van der Waals surface area contributed by atoms with E-state index in [2.05, 4.69) is 0 Å². The van der Waals surface area contributed by atoms with E-state index in [1.54, 1.807) is 4.90 Å². The molecular weight excluding hydrogens is 284 g/mol. The Hall–Kier alpha value is -2.34. The summed E-state index contributed by atoms with van der Waals surface area (Å²) in [5.74, 6) is -0.921. The number of aliphatic carboxylic acids is 1. The number of nitrogens with zero attached hydrogens (tertiary/aromatic N) is 2. The zero-order valence-electron chi connectivity index (χ0n) is 12.1. The number of morpholine rings is 1. The van der Waals surface area contributed by atoms with E-state index in [1.165, 1.54) is 0 Å². The second-order valence-electron chi connectivity index (χ2n) is 5.43. The number of carbonyl (C=O) groups excluding carboxylic acids is 1. The molecule has 0 saturated carbocycles. The van der Waals surface area contributed by atoms with Crippen LogP contribution in [0.1, 0.15) is 6.42 Å². The van der Waals surface area contributed by atoms with Crippen LogP contribution in [-0.2, 0) is 20.9 Å². The normalized spacial score (nSPS) is 18.5. The molecule has 1 aromatic heterocycles. The highest BCUT2D eigenvalue weighted by atomic mass is 16.5. The van der Waals surface area contributed by atoms with Gasteiger partial charge in [0, 0.05) is 24.8 Å². The molecule has 1 aliphatic heterocycles. The van der Waals surface area contributed by atoms with Crippen LogP contribution in [-0.4, -0.2) is 52.3 Å². The molecule has 22 heavy (non-hydrogen) atoms. The Morgan fingerprint density at radius 1 is 1.27 bits per heavy atom. The topological polar surface area (TPSA) is 71.8 Å². The minimum absolute atomic E-state index is 0.0139. The van der Waals surface area contributed by atoms with Crippen molar-refractivity contribution >= 4 is 22.8 Å². The molecule has 1 fully saturated rings. The van der Waals surface area contributed by atoms with Gasteiger partial charge >= 0.3 is 5.97 Å². The number of para-hydroxylation sites is 1. The van der Waals surface area contributed by atoms with Crippen molar-refractivity contribution < 1.29 is 19.4 Å². The third-order valence-electron chi connectivity index (χ3n) is 3.88. The highest BCUT2D eigenvalue weighted by Crippen LogP contribution is 2.16. The Kier molecular flexibility index (Phi) is 4.11. The first kappa shape index (κ1) is 14.6. The molecule has 1 N–H and O–H groups in total. The summed E-state index contributed by atoms with van der Waals surface area (Å²) in [4.78, 5) is 24.9. The fraction of sp³-hybridized carbons (Fsp3) is 0.375. The summed E-state index contributed by atoms with van der Waals surface area (Å²) in [6, 6.07) is 9.88. The van der Waals surface area contributed by atoms with Crippen LogP contribution in [0.25, 0.3) is 10.9 Å². The molecule has 6 nitrogen and oxygen atoms in total. The molecule has 1 aliphatic rings. The number of rotatable bonds is 4. The number of carbonyl (C=O) groups is 2. The molecule has 0 bridgehead atoms. The van der Waals surface area contributed by atoms with Crippen LogP contribution in [0.4, 0.5) is 0 Å². The maximum Gasteiger partial charge on any atom is 0.306 e. The van der Waals surface area contributed by atoms with Gasteiger partial charge < -0.3 is 19.3 Å². The van der Waals surface area contributed by atoms with Gasteiger partial charge in [-0.3, -0.25) is 9.59 Å². The number of hydrogen-bond acceptors (Lipinski definition) is 3. The van der Waals surface area contributed by atoms with Gasteiger partial charge in [-0.25, -0.2) is 0 Å². The molecule has 1 unspecified atom stereocenters. The number of ether oxygens (including phenoxy) is 1. The number of carboxylic acids is 1. The van der Waals surface area contributed by atoms with E-state index in [4.69, 9.17) is 9.84 Å². The molecule has 0 radical (unpaired) electrons. The van der Waals surface area contributed by atoms with Crippen LogP contribution in [0.3, 0.4) is 0 Å². The molecule has 2 aromatic rings. The summed E-state index contributed by atoms with van der Waals surface area (Å²) in [6.07, 6.45) is 1.41. The zero-order chi connectivity index (χ0) is 15.5. The van der Waals surface area contributed by atoms with E-state index in [-0.39, 0.29) is 18.9 Å². The minimum atomic E-state index is -0.907. The van der Waals surface area contributed by atoms with Crippen molar-refractivity contribution in [2.75, 3.05) is 19.7 Å². The molecule has 1 saturated heterocycles. The van der Waals surface area contributed by atoms with Crippen molar-refractivity contribution in [2.24, 2.45) is 0 Å². The first-order chi connectivity index (χ1) is 10.6. The van der Waals surface area contributed by atoms with Crippen LogP contribution >= 0.6 is 0 Å². The maximum absolute atomic E-state index is 12.4. The average molecular weight is 302 g/mol. The molecule has 1 amide bonds. The number of carboxylic acid groups (broad SMARTS) is 1. The van der Waals surface area contributed by atoms with Crippen molar-refractivity contribution in [3.63, 3.8) is 0 Å². The lowest BCUT2D eigenvalue weighted by Crippen LogP contribution is -2.47. The van der Waals surface area contributed by atoms with Crippen molar-refractivity contribution in [1.82, 2.24) is 9.47 Å². The Labute approximate surface area is 127 Å². The Morgan fingerprint density at radius 2 is 2.09 bits per heavy atom. The van der Waals surface area contributed by atoms with Crippen molar-refractivity contribution in [2.45, 2.75) is 19.1 Å². The van der Waals surface area contributed by atoms with Gasteiger partial charge in [-0.2, -0.15) is 0 Å². The first-order valence-corrected chi connectivity index (χ1v) is 7.28. The molecule has 1 aromatic carbocycles. The molecule has 6 heteroatoms. The van der Waals surface area contributed by atoms with E-state index >= 15 is 0 Å². The van der Waals surface area contributed by atoms with Crippen molar-refractivity contribution in [3.05, 3.63) is 36.5 Å². The lowest BCUT2D eigenvalue weighted by molar-refractivity contribution is -0.147. The highest BCUT2D eigenvalue weighted by molar-refractivity contribution is 5.83. The Bertz CT molecular complexity index is 694. The smallest absolute Gasteiger partial charge is 0.306 e. The van der Waals surface area contributed by atoms with Gasteiger partial charge in [0.1, 0.15) is 6.54 Å². The fourth-order valence-corrected chi connectivity index (χ4v) is 2.79. The summed E-state index contributed by atoms with van der Waals surface area (Å²) in [5.41, 5.74) is 1.02. The largest absolute Gasteiger partial charge is 0.481 e. The van der Waals surface area contributed by atoms with Gasteiger partial charge in [0.25, 0.3) is 0 Å². The second-order valence-corrected chi connectivity index (χ2v) is 5.43. The number of hydrogen-bond donors (Lipinski definition) is 1. The molecule has 0 spiro atoms. The SMILES string of the molecule is O=C(O)CC1CN(C(=O)Cn2ccc3ccccc32)CCO1. The number of fused-ring (bicyclic) bond motifs is 1. The first-order valence-electron chi connectivity index (χ1n) is 7.28. The quantitative estimate of drug-likeness (QED) is 0.925. The predicted molar refractivity (Wildman–Crippen MR) is 80.5 cm³/mol. The number of aromatic nitrogens is 1. The van der Waals surface area contributed by atoms with Crippen LogP contribution < -0.4 is 0 Å². The second kappa shape index (κ2) is 6.19. The Balaban J connectivity index is 1.67. The van der Waals surface area contributed by atoms with Crippen LogP contribution in [0.15, 0.2) is 36.5 Å². The molecular formula is C16H18N2O4. The van der Waals surface area contributed by atoms with Gasteiger partial charge in [0.05, 0.1) is 19.1 Å². The molecule has 2 heterocycles. The number of benzene rings is 1. The van der Waals surface area contributed by atoms with E-state index in [1.807, 2.05) is 41.1 Å². The van der Waals surface area contributed by atoms with Gasteiger partial charge in [0.15, 0.2) is 0 Å². The molecule has 0 aliphatic carbocycles. The third-order valence-corrected chi connectivity index (χ3v) is 3.88. The summed E-state index contributed by atoms with van der Waals surface area (Å²) in [6.45, 7) is 1.49. The zero-order valence-corrected chi connectivity index (χ0v) is 12.1. The monoisotopic (exact) mass is 302 g/mol. The highest BCUT2D eigenvalue weighted by Gasteiger charge is 2.26. The van der Waals surface area contributed by atoms with Crippen LogP contribution in [0.2, 0.25) is 0 Å². The van der Waals surface area contributed by atoms with Gasteiger partial charge in [-0.1, -0.05) is 18.2 Å². The van der Waals surface area contributed by atoms with Crippen LogP contribution in [0.5, 0.6) is 0 Å². The summed E-state index contributed by atoms with van der Waals surface area (Å²) < 4.78 is 7.31. The average Bonchev–Trinajstić information content (AvgIpc) is 2.90. The lowest BCUT2D eigenvalue weighted by Gasteiger charge is -2.32. The van der Waals surface area contributed by atoms with Gasteiger partial charge in [-0.15, -0.1) is 0 Å². The van der Waals surface area contributed by atoms with Gasteiger partial charge in [-0.05, 0) is 17.5 Å². The summed E-state index contributed by atoms with van der Waals surface area (Å²) in [5, 5.41) is 9.93. The number of amides is 1. The van der Waals surface area contributed by atoms with E-state index in [9.17, 15) is 9.59 Å². The third kappa shape index (κ3) is 3.12. The summed E-state index contributed by atoms with van der Waals surface area (Å²) in [7, 11) is 0. The molecule has 1 atom stereocenters.